The van der Waals surface area contributed by atoms with E-state index in [1.165, 1.54) is 13.2 Å². The van der Waals surface area contributed by atoms with Gasteiger partial charge in [-0.2, -0.15) is 0 Å². The summed E-state index contributed by atoms with van der Waals surface area (Å²) >= 11 is 0. The van der Waals surface area contributed by atoms with Crippen LogP contribution >= 0.6 is 0 Å². The summed E-state index contributed by atoms with van der Waals surface area (Å²) in [6.45, 7) is 0.504. The smallest absolute Gasteiger partial charge is 0.331 e. The van der Waals surface area contributed by atoms with Gasteiger partial charge in [0.2, 0.25) is 5.75 Å². The van der Waals surface area contributed by atoms with Crippen molar-refractivity contribution in [2.45, 2.75) is 0 Å². The van der Waals surface area contributed by atoms with Crippen LogP contribution in [0.4, 0.5) is 5.69 Å². The molecule has 3 aromatic carbocycles. The van der Waals surface area contributed by atoms with Crippen LogP contribution in [0.25, 0.3) is 16.8 Å². The number of esters is 1. The second-order valence-electron chi connectivity index (χ2n) is 6.80. The predicted molar refractivity (Wildman–Crippen MR) is 117 cm³/mol. The molecule has 1 amide bonds. The van der Waals surface area contributed by atoms with Gasteiger partial charge in [-0.25, -0.2) is 4.79 Å². The maximum Gasteiger partial charge on any atom is 0.331 e. The summed E-state index contributed by atoms with van der Waals surface area (Å²) < 4.78 is 21.5. The fraction of sp³-hybridized carbons (Fsp3) is 0.167. The summed E-state index contributed by atoms with van der Waals surface area (Å²) in [6, 6.07) is 16.9. The van der Waals surface area contributed by atoms with E-state index in [1.54, 1.807) is 24.3 Å². The average molecular weight is 419 g/mol. The van der Waals surface area contributed by atoms with Gasteiger partial charge < -0.3 is 24.3 Å². The monoisotopic (exact) mass is 419 g/mol. The van der Waals surface area contributed by atoms with E-state index in [9.17, 15) is 9.59 Å². The molecule has 0 atom stereocenters. The number of carbonyl (C=O) groups is 2. The summed E-state index contributed by atoms with van der Waals surface area (Å²) in [6.07, 6.45) is 2.80. The number of carbonyl (C=O) groups excluding carboxylic acids is 2. The number of rotatable bonds is 6. The number of nitrogens with one attached hydrogen (secondary N) is 1. The van der Waals surface area contributed by atoms with Crippen molar-refractivity contribution >= 4 is 34.4 Å². The van der Waals surface area contributed by atoms with E-state index < -0.39 is 11.9 Å². The zero-order valence-electron chi connectivity index (χ0n) is 16.9. The summed E-state index contributed by atoms with van der Waals surface area (Å²) in [7, 11) is 1.53. The predicted octanol–water partition coefficient (Wildman–Crippen LogP) is 3.81. The number of methoxy groups -OCH3 is 1. The Bertz CT molecular complexity index is 1140. The van der Waals surface area contributed by atoms with E-state index >= 15 is 0 Å². The fourth-order valence-corrected chi connectivity index (χ4v) is 3.20. The Morgan fingerprint density at radius 1 is 1.03 bits per heavy atom. The molecule has 1 aliphatic rings. The fourth-order valence-electron chi connectivity index (χ4n) is 3.20. The van der Waals surface area contributed by atoms with Crippen molar-refractivity contribution < 1.29 is 28.5 Å². The molecule has 4 rings (SSSR count). The molecule has 3 aromatic rings. The number of fused-ring (bicyclic) bond motifs is 2. The summed E-state index contributed by atoms with van der Waals surface area (Å²) in [5.41, 5.74) is 1.32. The molecule has 0 bridgehead atoms. The van der Waals surface area contributed by atoms with Gasteiger partial charge in [-0.1, -0.05) is 30.3 Å². The first kappa shape index (κ1) is 20.3. The van der Waals surface area contributed by atoms with Crippen molar-refractivity contribution in [2.75, 3.05) is 32.2 Å². The van der Waals surface area contributed by atoms with E-state index in [-0.39, 0.29) is 6.61 Å². The Kier molecular flexibility index (Phi) is 6.03. The van der Waals surface area contributed by atoms with Gasteiger partial charge in [0, 0.05) is 11.8 Å². The molecule has 0 saturated carbocycles. The van der Waals surface area contributed by atoms with Gasteiger partial charge in [-0.15, -0.1) is 0 Å². The van der Waals surface area contributed by atoms with Gasteiger partial charge >= 0.3 is 5.97 Å². The van der Waals surface area contributed by atoms with Crippen LogP contribution in [0, 0.1) is 0 Å². The molecule has 0 aliphatic carbocycles. The average Bonchev–Trinajstić information content (AvgIpc) is 2.80. The zero-order chi connectivity index (χ0) is 21.6. The standard InChI is InChI=1S/C24H21NO6/c1-28-20-12-16(13-21-24(20)30-11-10-29-21)6-9-23(27)31-15-22(26)25-19-8-7-17-4-2-3-5-18(17)14-19/h2-9,12-14H,10-11,15H2,1H3,(H,25,26)/b9-6+. The van der Waals surface area contributed by atoms with Crippen LogP contribution in [0.5, 0.6) is 17.2 Å². The van der Waals surface area contributed by atoms with Gasteiger partial charge in [-0.05, 0) is 46.7 Å². The molecule has 0 spiro atoms. The quantitative estimate of drug-likeness (QED) is 0.483. The van der Waals surface area contributed by atoms with Crippen molar-refractivity contribution in [3.63, 3.8) is 0 Å². The third-order valence-electron chi connectivity index (χ3n) is 4.64. The molecule has 7 heteroatoms. The van der Waals surface area contributed by atoms with Crippen LogP contribution in [0.15, 0.2) is 60.7 Å². The highest BCUT2D eigenvalue weighted by Crippen LogP contribution is 2.40. The first-order valence-electron chi connectivity index (χ1n) is 9.73. The molecule has 1 aliphatic heterocycles. The largest absolute Gasteiger partial charge is 0.493 e. The van der Waals surface area contributed by atoms with Gasteiger partial charge in [0.25, 0.3) is 5.91 Å². The molecule has 158 valence electrons. The van der Waals surface area contributed by atoms with E-state index in [0.29, 0.717) is 41.7 Å². The molecule has 0 saturated heterocycles. The molecule has 31 heavy (non-hydrogen) atoms. The summed E-state index contributed by atoms with van der Waals surface area (Å²) in [4.78, 5) is 24.1. The molecular weight excluding hydrogens is 398 g/mol. The van der Waals surface area contributed by atoms with E-state index in [0.717, 1.165) is 10.8 Å². The van der Waals surface area contributed by atoms with E-state index in [2.05, 4.69) is 5.32 Å². The van der Waals surface area contributed by atoms with Crippen LogP contribution in [-0.4, -0.2) is 38.8 Å². The lowest BCUT2D eigenvalue weighted by molar-refractivity contribution is -0.142. The molecule has 0 fully saturated rings. The maximum absolute atomic E-state index is 12.1. The van der Waals surface area contributed by atoms with Gasteiger partial charge in [0.15, 0.2) is 18.1 Å². The second-order valence-corrected chi connectivity index (χ2v) is 6.80. The highest BCUT2D eigenvalue weighted by atomic mass is 16.6. The SMILES string of the molecule is COc1cc(/C=C/C(=O)OCC(=O)Nc2ccc3ccccc3c2)cc2c1OCCO2. The zero-order valence-corrected chi connectivity index (χ0v) is 16.9. The van der Waals surface area contributed by atoms with Gasteiger partial charge in [0.05, 0.1) is 7.11 Å². The molecule has 0 unspecified atom stereocenters. The first-order valence-corrected chi connectivity index (χ1v) is 9.73. The normalized spacial score (nSPS) is 12.5. The summed E-state index contributed by atoms with van der Waals surface area (Å²) in [5, 5.41) is 4.81. The molecule has 0 radical (unpaired) electrons. The van der Waals surface area contributed by atoms with Gasteiger partial charge in [-0.3, -0.25) is 4.79 Å². The molecule has 1 N–H and O–H groups in total. The number of ether oxygens (including phenoxy) is 4. The third kappa shape index (κ3) is 4.95. The lowest BCUT2D eigenvalue weighted by atomic mass is 10.1. The number of hydrogen-bond donors (Lipinski definition) is 1. The Morgan fingerprint density at radius 2 is 1.84 bits per heavy atom. The van der Waals surface area contributed by atoms with Crippen LogP contribution in [0.2, 0.25) is 0 Å². The van der Waals surface area contributed by atoms with Crippen molar-refractivity contribution in [1.82, 2.24) is 0 Å². The Balaban J connectivity index is 1.33. The number of amides is 1. The Hall–Kier alpha value is -4.00. The van der Waals surface area contributed by atoms with Crippen molar-refractivity contribution in [3.05, 3.63) is 66.2 Å². The molecule has 0 aromatic heterocycles. The highest BCUT2D eigenvalue weighted by Gasteiger charge is 2.18. The Labute approximate surface area is 179 Å². The number of benzene rings is 3. The van der Waals surface area contributed by atoms with E-state index in [4.69, 9.17) is 18.9 Å². The lowest BCUT2D eigenvalue weighted by Gasteiger charge is -2.20. The minimum absolute atomic E-state index is 0.388. The highest BCUT2D eigenvalue weighted by molar-refractivity contribution is 5.96. The Morgan fingerprint density at radius 3 is 2.68 bits per heavy atom. The number of anilines is 1. The minimum atomic E-state index is -0.637. The van der Waals surface area contributed by atoms with E-state index in [1.807, 2.05) is 36.4 Å². The topological polar surface area (TPSA) is 83.1 Å². The maximum atomic E-state index is 12.1. The van der Waals surface area contributed by atoms with Crippen LogP contribution in [-0.2, 0) is 14.3 Å². The van der Waals surface area contributed by atoms with Gasteiger partial charge in [0.1, 0.15) is 13.2 Å². The second kappa shape index (κ2) is 9.21. The van der Waals surface area contributed by atoms with Crippen molar-refractivity contribution in [3.8, 4) is 17.2 Å². The summed E-state index contributed by atoms with van der Waals surface area (Å²) in [5.74, 6) is 0.549. The van der Waals surface area contributed by atoms with Crippen LogP contribution in [0.3, 0.4) is 0 Å². The number of hydrogen-bond acceptors (Lipinski definition) is 6. The molecule has 7 nitrogen and oxygen atoms in total. The van der Waals surface area contributed by atoms with Crippen LogP contribution < -0.4 is 19.5 Å². The molecule has 1 heterocycles. The lowest BCUT2D eigenvalue weighted by Crippen LogP contribution is -2.20. The van der Waals surface area contributed by atoms with Crippen molar-refractivity contribution in [2.24, 2.45) is 0 Å². The minimum Gasteiger partial charge on any atom is -0.493 e. The molecular formula is C24H21NO6. The third-order valence-corrected chi connectivity index (χ3v) is 4.64. The van der Waals surface area contributed by atoms with Crippen LogP contribution in [0.1, 0.15) is 5.56 Å². The van der Waals surface area contributed by atoms with Crippen molar-refractivity contribution in [1.29, 1.82) is 0 Å². The first-order chi connectivity index (χ1) is 15.1.